The smallest absolute Gasteiger partial charge is 0.125 e. The Hall–Kier alpha value is -0.800. The fourth-order valence-corrected chi connectivity index (χ4v) is 2.33. The number of halogens is 1. The Balaban J connectivity index is 0.00000162. The summed E-state index contributed by atoms with van der Waals surface area (Å²) < 4.78 is 0. The van der Waals surface area contributed by atoms with Crippen LogP contribution >= 0.6 is 12.4 Å². The van der Waals surface area contributed by atoms with Gasteiger partial charge in [-0.25, -0.2) is 4.98 Å². The van der Waals surface area contributed by atoms with Crippen LogP contribution < -0.4 is 5.32 Å². The van der Waals surface area contributed by atoms with Crippen molar-refractivity contribution in [2.24, 2.45) is 0 Å². The van der Waals surface area contributed by atoms with Crippen molar-refractivity contribution >= 4 is 18.2 Å². The van der Waals surface area contributed by atoms with E-state index in [0.717, 1.165) is 12.4 Å². The average Bonchev–Trinajstić information content (AvgIpc) is 2.41. The molecule has 1 aromatic rings. The van der Waals surface area contributed by atoms with E-state index in [-0.39, 0.29) is 12.4 Å². The lowest BCUT2D eigenvalue weighted by Gasteiger charge is -2.26. The third-order valence-electron chi connectivity index (χ3n) is 3.32. The maximum atomic E-state index is 4.24. The van der Waals surface area contributed by atoms with Crippen molar-refractivity contribution in [3.63, 3.8) is 0 Å². The summed E-state index contributed by atoms with van der Waals surface area (Å²) in [4.78, 5) is 6.85. The van der Waals surface area contributed by atoms with Crippen molar-refractivity contribution in [3.05, 3.63) is 24.4 Å². The second-order valence-electron chi connectivity index (χ2n) is 4.75. The van der Waals surface area contributed by atoms with E-state index < -0.39 is 0 Å². The summed E-state index contributed by atoms with van der Waals surface area (Å²) in [6, 6.07) is 5.98. The normalized spacial score (nSPS) is 16.0. The fourth-order valence-electron chi connectivity index (χ4n) is 2.33. The molecule has 0 bridgehead atoms. The van der Waals surface area contributed by atoms with Crippen LogP contribution in [0.1, 0.15) is 32.1 Å². The zero-order valence-electron chi connectivity index (χ0n) is 11.0. The highest BCUT2D eigenvalue weighted by atomic mass is 35.5. The van der Waals surface area contributed by atoms with Crippen LogP contribution in [-0.2, 0) is 0 Å². The molecule has 1 aliphatic rings. The van der Waals surface area contributed by atoms with Gasteiger partial charge < -0.3 is 10.2 Å². The highest BCUT2D eigenvalue weighted by Crippen LogP contribution is 2.09. The summed E-state index contributed by atoms with van der Waals surface area (Å²) in [6.45, 7) is 4.93. The van der Waals surface area contributed by atoms with Gasteiger partial charge in [0.1, 0.15) is 5.82 Å². The first kappa shape index (κ1) is 15.3. The topological polar surface area (TPSA) is 28.2 Å². The first-order valence-electron chi connectivity index (χ1n) is 6.82. The lowest BCUT2D eigenvalue weighted by atomic mass is 10.1. The Morgan fingerprint density at radius 3 is 2.67 bits per heavy atom. The van der Waals surface area contributed by atoms with Gasteiger partial charge in [-0.2, -0.15) is 0 Å². The number of aromatic nitrogens is 1. The summed E-state index contributed by atoms with van der Waals surface area (Å²) in [6.07, 6.45) is 8.57. The predicted molar refractivity (Wildman–Crippen MR) is 79.5 cm³/mol. The highest BCUT2D eigenvalue weighted by molar-refractivity contribution is 5.85. The monoisotopic (exact) mass is 269 g/mol. The van der Waals surface area contributed by atoms with Crippen LogP contribution in [0.2, 0.25) is 0 Å². The van der Waals surface area contributed by atoms with E-state index in [1.807, 2.05) is 24.4 Å². The molecule has 0 aromatic carbocycles. The number of rotatable bonds is 6. The summed E-state index contributed by atoms with van der Waals surface area (Å²) >= 11 is 0. The Labute approximate surface area is 116 Å². The van der Waals surface area contributed by atoms with Crippen LogP contribution in [0.3, 0.4) is 0 Å². The van der Waals surface area contributed by atoms with Gasteiger partial charge in [-0.1, -0.05) is 12.5 Å². The van der Waals surface area contributed by atoms with Gasteiger partial charge in [-0.05, 0) is 57.5 Å². The molecule has 2 rings (SSSR count). The number of anilines is 1. The molecule has 0 amide bonds. The van der Waals surface area contributed by atoms with Crippen molar-refractivity contribution < 1.29 is 0 Å². The Morgan fingerprint density at radius 1 is 1.11 bits per heavy atom. The molecule has 1 fully saturated rings. The molecule has 4 heteroatoms. The zero-order chi connectivity index (χ0) is 11.8. The van der Waals surface area contributed by atoms with Gasteiger partial charge in [-0.3, -0.25) is 0 Å². The van der Waals surface area contributed by atoms with E-state index in [1.54, 1.807) is 0 Å². The predicted octanol–water partition coefficient (Wildman–Crippen LogP) is 3.18. The maximum absolute atomic E-state index is 4.24. The third-order valence-corrected chi connectivity index (χ3v) is 3.32. The molecule has 0 atom stereocenters. The minimum atomic E-state index is 0. The molecule has 102 valence electrons. The number of nitrogens with zero attached hydrogens (tertiary/aromatic N) is 2. The minimum Gasteiger partial charge on any atom is -0.370 e. The van der Waals surface area contributed by atoms with Gasteiger partial charge in [0.2, 0.25) is 0 Å². The van der Waals surface area contributed by atoms with E-state index >= 15 is 0 Å². The molecule has 3 nitrogen and oxygen atoms in total. The van der Waals surface area contributed by atoms with Gasteiger partial charge in [0.05, 0.1) is 0 Å². The van der Waals surface area contributed by atoms with Crippen LogP contribution in [0.15, 0.2) is 24.4 Å². The Kier molecular flexibility index (Phi) is 7.78. The summed E-state index contributed by atoms with van der Waals surface area (Å²) in [5.74, 6) is 0.991. The van der Waals surface area contributed by atoms with Gasteiger partial charge in [0.25, 0.3) is 0 Å². The van der Waals surface area contributed by atoms with Crippen LogP contribution in [0, 0.1) is 0 Å². The van der Waals surface area contributed by atoms with Crippen molar-refractivity contribution in [2.75, 3.05) is 31.5 Å². The maximum Gasteiger partial charge on any atom is 0.125 e. The Bertz CT molecular complexity index is 299. The number of unbranched alkanes of at least 4 members (excludes halogenated alkanes) is 1. The summed E-state index contributed by atoms with van der Waals surface area (Å²) in [5, 5.41) is 3.35. The quantitative estimate of drug-likeness (QED) is 0.804. The number of pyridine rings is 1. The second-order valence-corrected chi connectivity index (χ2v) is 4.75. The first-order valence-corrected chi connectivity index (χ1v) is 6.82. The largest absolute Gasteiger partial charge is 0.370 e. The molecule has 2 heterocycles. The first-order chi connectivity index (χ1) is 8.45. The van der Waals surface area contributed by atoms with Gasteiger partial charge >= 0.3 is 0 Å². The summed E-state index contributed by atoms with van der Waals surface area (Å²) in [5.41, 5.74) is 0. The van der Waals surface area contributed by atoms with Crippen molar-refractivity contribution in [3.8, 4) is 0 Å². The number of hydrogen-bond acceptors (Lipinski definition) is 3. The van der Waals surface area contributed by atoms with Gasteiger partial charge in [0, 0.05) is 12.7 Å². The van der Waals surface area contributed by atoms with Crippen LogP contribution in [0.25, 0.3) is 0 Å². The molecular weight excluding hydrogens is 246 g/mol. The van der Waals surface area contributed by atoms with E-state index in [0.29, 0.717) is 0 Å². The van der Waals surface area contributed by atoms with Crippen molar-refractivity contribution in [2.45, 2.75) is 32.1 Å². The number of nitrogens with one attached hydrogen (secondary N) is 1. The molecular formula is C14H24ClN3. The average molecular weight is 270 g/mol. The van der Waals surface area contributed by atoms with E-state index in [9.17, 15) is 0 Å². The molecule has 0 saturated carbocycles. The second kappa shape index (κ2) is 9.17. The molecule has 0 aliphatic carbocycles. The van der Waals surface area contributed by atoms with E-state index in [2.05, 4.69) is 15.2 Å². The van der Waals surface area contributed by atoms with E-state index in [1.165, 1.54) is 51.7 Å². The number of hydrogen-bond donors (Lipinski definition) is 1. The van der Waals surface area contributed by atoms with Crippen LogP contribution in [-0.4, -0.2) is 36.1 Å². The van der Waals surface area contributed by atoms with Crippen LogP contribution in [0.5, 0.6) is 0 Å². The molecule has 1 saturated heterocycles. The molecule has 0 radical (unpaired) electrons. The zero-order valence-corrected chi connectivity index (χ0v) is 11.8. The highest BCUT2D eigenvalue weighted by Gasteiger charge is 2.08. The molecule has 0 unspecified atom stereocenters. The molecule has 1 N–H and O–H groups in total. The third kappa shape index (κ3) is 5.69. The Morgan fingerprint density at radius 2 is 1.94 bits per heavy atom. The lowest BCUT2D eigenvalue weighted by molar-refractivity contribution is 0.225. The fraction of sp³-hybridized carbons (Fsp3) is 0.643. The minimum absolute atomic E-state index is 0. The van der Waals surface area contributed by atoms with Gasteiger partial charge in [0.15, 0.2) is 0 Å². The van der Waals surface area contributed by atoms with E-state index in [4.69, 9.17) is 0 Å². The SMILES string of the molecule is Cl.c1ccc(NCCCCN2CCCCC2)nc1. The van der Waals surface area contributed by atoms with Crippen molar-refractivity contribution in [1.29, 1.82) is 0 Å². The molecule has 0 spiro atoms. The molecule has 1 aliphatic heterocycles. The summed E-state index contributed by atoms with van der Waals surface area (Å²) in [7, 11) is 0. The molecule has 1 aromatic heterocycles. The van der Waals surface area contributed by atoms with Crippen molar-refractivity contribution in [1.82, 2.24) is 9.88 Å². The molecule has 18 heavy (non-hydrogen) atoms. The van der Waals surface area contributed by atoms with Crippen LogP contribution in [0.4, 0.5) is 5.82 Å². The standard InChI is InChI=1S/C14H23N3.ClH/c1-5-11-17(12-6-1)13-7-4-10-16-14-8-2-3-9-15-14;/h2-3,8-9H,1,4-7,10-13H2,(H,15,16);1H. The lowest BCUT2D eigenvalue weighted by Crippen LogP contribution is -2.30. The van der Waals surface area contributed by atoms with Gasteiger partial charge in [-0.15, -0.1) is 12.4 Å². The number of piperidine rings is 1. The number of likely N-dealkylation sites (tertiary alicyclic amines) is 1.